The van der Waals surface area contributed by atoms with Crippen molar-refractivity contribution in [1.29, 1.82) is 0 Å². The largest absolute Gasteiger partial charge is 0.379 e. The summed E-state index contributed by atoms with van der Waals surface area (Å²) < 4.78 is 23.2. The maximum absolute atomic E-state index is 5.86. The van der Waals surface area contributed by atoms with Crippen molar-refractivity contribution in [3.63, 3.8) is 0 Å². The minimum Gasteiger partial charge on any atom is -0.379 e. The quantitative estimate of drug-likeness (QED) is 0.0843. The van der Waals surface area contributed by atoms with Crippen molar-refractivity contribution in [2.45, 2.75) is 129 Å². The van der Waals surface area contributed by atoms with E-state index in [1.807, 2.05) is 0 Å². The van der Waals surface area contributed by atoms with Gasteiger partial charge < -0.3 is 18.9 Å². The van der Waals surface area contributed by atoms with Crippen LogP contribution in [-0.2, 0) is 31.8 Å². The fraction of sp³-hybridized carbons (Fsp3) is 0.824. The van der Waals surface area contributed by atoms with Crippen molar-refractivity contribution in [3.05, 3.63) is 22.1 Å². The van der Waals surface area contributed by atoms with Crippen molar-refractivity contribution in [2.24, 2.45) is 0 Å². The van der Waals surface area contributed by atoms with Crippen LogP contribution in [0.15, 0.2) is 10.8 Å². The van der Waals surface area contributed by atoms with Gasteiger partial charge in [-0.1, -0.05) is 104 Å². The topological polar surface area (TPSA) is 62.7 Å². The summed E-state index contributed by atoms with van der Waals surface area (Å²) in [5, 5.41) is 4.13. The molecule has 2 aromatic rings. The predicted molar refractivity (Wildman–Crippen MR) is 173 cm³/mol. The minimum absolute atomic E-state index is 0.628. The number of unbranched alkanes of at least 4 members (excludes halogenated alkanes) is 14. The van der Waals surface area contributed by atoms with E-state index in [0.717, 1.165) is 61.3 Å². The standard InChI is InChI=1S/C34H60N2O4S/c1-3-5-7-9-11-13-15-17-21-37-25-27-39-23-19-31-32(36-34-30-41-29-33(34)35-31)20-24-40-28-26-38-22-18-16-14-12-10-8-6-4-2/h29-30H,3-28H2,1-2H3. The number of thiophene rings is 1. The first-order valence-electron chi connectivity index (χ1n) is 16.9. The second-order valence-electron chi connectivity index (χ2n) is 11.2. The minimum atomic E-state index is 0.628. The van der Waals surface area contributed by atoms with Crippen molar-refractivity contribution in [1.82, 2.24) is 9.97 Å². The molecule has 0 saturated heterocycles. The molecule has 0 amide bonds. The van der Waals surface area contributed by atoms with Crippen molar-refractivity contribution in [3.8, 4) is 0 Å². The van der Waals surface area contributed by atoms with E-state index in [9.17, 15) is 0 Å². The summed E-state index contributed by atoms with van der Waals surface area (Å²) in [4.78, 5) is 9.75. The van der Waals surface area contributed by atoms with E-state index in [4.69, 9.17) is 28.9 Å². The summed E-state index contributed by atoms with van der Waals surface area (Å²) in [5.41, 5.74) is 3.98. The number of hydrogen-bond donors (Lipinski definition) is 0. The van der Waals surface area contributed by atoms with Crippen LogP contribution in [0.3, 0.4) is 0 Å². The Hall–Kier alpha value is -1.12. The third-order valence-corrected chi connectivity index (χ3v) is 8.18. The second-order valence-corrected chi connectivity index (χ2v) is 11.9. The van der Waals surface area contributed by atoms with Crippen molar-refractivity contribution in [2.75, 3.05) is 52.9 Å². The Morgan fingerprint density at radius 1 is 0.439 bits per heavy atom. The van der Waals surface area contributed by atoms with E-state index < -0.39 is 0 Å². The zero-order chi connectivity index (χ0) is 29.1. The fourth-order valence-corrected chi connectivity index (χ4v) is 5.60. The number of fused-ring (bicyclic) bond motifs is 1. The molecule has 7 heteroatoms. The van der Waals surface area contributed by atoms with Crippen LogP contribution in [0.4, 0.5) is 0 Å². The van der Waals surface area contributed by atoms with Gasteiger partial charge in [0.25, 0.3) is 0 Å². The third kappa shape index (κ3) is 18.9. The molecular formula is C34H60N2O4S. The van der Waals surface area contributed by atoms with Crippen molar-refractivity contribution >= 4 is 22.4 Å². The number of hydrogen-bond acceptors (Lipinski definition) is 7. The summed E-state index contributed by atoms with van der Waals surface area (Å²) >= 11 is 1.65. The highest BCUT2D eigenvalue weighted by atomic mass is 32.1. The molecule has 0 aliphatic rings. The lowest BCUT2D eigenvalue weighted by Gasteiger charge is -2.10. The van der Waals surface area contributed by atoms with Crippen molar-refractivity contribution < 1.29 is 18.9 Å². The summed E-state index contributed by atoms with van der Waals surface area (Å²) in [5.74, 6) is 0. The molecule has 0 aliphatic carbocycles. The maximum atomic E-state index is 5.86. The predicted octanol–water partition coefficient (Wildman–Crippen LogP) is 9.12. The van der Waals surface area contributed by atoms with Crippen LogP contribution in [0.25, 0.3) is 11.0 Å². The lowest BCUT2D eigenvalue weighted by Crippen LogP contribution is -2.12. The zero-order valence-corrected chi connectivity index (χ0v) is 27.3. The Morgan fingerprint density at radius 3 is 1.17 bits per heavy atom. The number of rotatable bonds is 30. The van der Waals surface area contributed by atoms with Gasteiger partial charge in [-0.2, -0.15) is 0 Å². The second kappa shape index (κ2) is 26.5. The molecule has 0 aliphatic heterocycles. The molecule has 0 unspecified atom stereocenters. The Morgan fingerprint density at radius 2 is 0.780 bits per heavy atom. The first-order valence-corrected chi connectivity index (χ1v) is 17.8. The highest BCUT2D eigenvalue weighted by Gasteiger charge is 2.10. The molecule has 41 heavy (non-hydrogen) atoms. The van der Waals surface area contributed by atoms with Gasteiger partial charge in [0.05, 0.1) is 62.1 Å². The number of ether oxygens (including phenoxy) is 4. The molecule has 0 bridgehead atoms. The lowest BCUT2D eigenvalue weighted by molar-refractivity contribution is 0.0459. The van der Waals surface area contributed by atoms with Gasteiger partial charge in [0.1, 0.15) is 0 Å². The Labute approximate surface area is 255 Å². The average molecular weight is 593 g/mol. The number of aromatic nitrogens is 2. The van der Waals surface area contributed by atoms with Gasteiger partial charge in [0, 0.05) is 36.8 Å². The van der Waals surface area contributed by atoms with Gasteiger partial charge in [-0.15, -0.1) is 11.3 Å². The van der Waals surface area contributed by atoms with Gasteiger partial charge in [-0.05, 0) is 12.8 Å². The molecule has 0 saturated carbocycles. The molecule has 0 spiro atoms. The summed E-state index contributed by atoms with van der Waals surface area (Å²) in [6, 6.07) is 0. The molecule has 6 nitrogen and oxygen atoms in total. The summed E-state index contributed by atoms with van der Waals surface area (Å²) in [6.07, 6.45) is 22.7. The normalized spacial score (nSPS) is 11.7. The first kappa shape index (κ1) is 36.1. The lowest BCUT2D eigenvalue weighted by atomic mass is 10.1. The number of nitrogens with zero attached hydrogens (tertiary/aromatic N) is 2. The Kier molecular flexibility index (Phi) is 23.3. The van der Waals surface area contributed by atoms with Gasteiger partial charge in [-0.3, -0.25) is 0 Å². The van der Waals surface area contributed by atoms with E-state index in [2.05, 4.69) is 24.6 Å². The van der Waals surface area contributed by atoms with Crippen LogP contribution in [0.5, 0.6) is 0 Å². The Balaban J connectivity index is 1.49. The summed E-state index contributed by atoms with van der Waals surface area (Å²) in [6.45, 7) is 10.1. The molecular weight excluding hydrogens is 532 g/mol. The van der Waals surface area contributed by atoms with E-state index >= 15 is 0 Å². The van der Waals surface area contributed by atoms with Crippen LogP contribution in [0, 0.1) is 0 Å². The average Bonchev–Trinajstić information content (AvgIpc) is 3.44. The maximum Gasteiger partial charge on any atom is 0.0997 e. The van der Waals surface area contributed by atoms with E-state index in [0.29, 0.717) is 39.6 Å². The molecule has 0 N–H and O–H groups in total. The smallest absolute Gasteiger partial charge is 0.0997 e. The third-order valence-electron chi connectivity index (χ3n) is 7.46. The molecule has 2 rings (SSSR count). The van der Waals surface area contributed by atoms with Crippen LogP contribution in [-0.4, -0.2) is 62.8 Å². The molecule has 236 valence electrons. The molecule has 0 fully saturated rings. The highest BCUT2D eigenvalue weighted by molar-refractivity contribution is 7.09. The molecule has 2 aromatic heterocycles. The highest BCUT2D eigenvalue weighted by Crippen LogP contribution is 2.18. The fourth-order valence-electron chi connectivity index (χ4n) is 4.93. The molecule has 2 heterocycles. The zero-order valence-electron chi connectivity index (χ0n) is 26.5. The van der Waals surface area contributed by atoms with Crippen LogP contribution < -0.4 is 0 Å². The van der Waals surface area contributed by atoms with Gasteiger partial charge in [0.15, 0.2) is 0 Å². The van der Waals surface area contributed by atoms with E-state index in [1.165, 1.54) is 89.9 Å². The van der Waals surface area contributed by atoms with Crippen LogP contribution in [0.2, 0.25) is 0 Å². The van der Waals surface area contributed by atoms with E-state index in [1.54, 1.807) is 11.3 Å². The van der Waals surface area contributed by atoms with Gasteiger partial charge >= 0.3 is 0 Å². The van der Waals surface area contributed by atoms with Crippen LogP contribution in [0.1, 0.15) is 128 Å². The molecule has 0 atom stereocenters. The van der Waals surface area contributed by atoms with Crippen LogP contribution >= 0.6 is 11.3 Å². The van der Waals surface area contributed by atoms with Gasteiger partial charge in [-0.25, -0.2) is 9.97 Å². The SMILES string of the molecule is CCCCCCCCCCOCCOCCc1nc2cscc2nc1CCOCCOCCCCCCCCCC. The summed E-state index contributed by atoms with van der Waals surface area (Å²) in [7, 11) is 0. The Bertz CT molecular complexity index is 781. The molecule has 0 radical (unpaired) electrons. The monoisotopic (exact) mass is 592 g/mol. The van der Waals surface area contributed by atoms with Gasteiger partial charge in [0.2, 0.25) is 0 Å². The molecule has 0 aromatic carbocycles. The van der Waals surface area contributed by atoms with E-state index in [-0.39, 0.29) is 0 Å². The first-order chi connectivity index (χ1) is 20.3.